The SMILES string of the molecule is NCc1cc2ccccc2n1CCc1ccccc1. The van der Waals surface area contributed by atoms with Crippen LogP contribution in [0.15, 0.2) is 60.7 Å². The highest BCUT2D eigenvalue weighted by molar-refractivity contribution is 5.81. The van der Waals surface area contributed by atoms with Gasteiger partial charge >= 0.3 is 0 Å². The minimum absolute atomic E-state index is 0.587. The molecule has 3 aromatic rings. The topological polar surface area (TPSA) is 30.9 Å². The van der Waals surface area contributed by atoms with Crippen molar-refractivity contribution in [1.29, 1.82) is 0 Å². The summed E-state index contributed by atoms with van der Waals surface area (Å²) in [4.78, 5) is 0. The van der Waals surface area contributed by atoms with Crippen LogP contribution in [-0.2, 0) is 19.5 Å². The molecule has 2 nitrogen and oxygen atoms in total. The molecule has 0 saturated heterocycles. The first-order valence-corrected chi connectivity index (χ1v) is 6.69. The Morgan fingerprint density at radius 3 is 2.42 bits per heavy atom. The minimum atomic E-state index is 0.587. The molecule has 2 aromatic carbocycles. The Morgan fingerprint density at radius 2 is 1.63 bits per heavy atom. The lowest BCUT2D eigenvalue weighted by atomic mass is 10.1. The zero-order chi connectivity index (χ0) is 13.1. The van der Waals surface area contributed by atoms with Crippen molar-refractivity contribution in [1.82, 2.24) is 4.57 Å². The first-order valence-electron chi connectivity index (χ1n) is 6.69. The van der Waals surface area contributed by atoms with E-state index in [1.54, 1.807) is 0 Å². The maximum atomic E-state index is 5.86. The van der Waals surface area contributed by atoms with E-state index in [9.17, 15) is 0 Å². The van der Waals surface area contributed by atoms with Crippen LogP contribution in [0.5, 0.6) is 0 Å². The highest BCUT2D eigenvalue weighted by Gasteiger charge is 2.06. The number of fused-ring (bicyclic) bond motifs is 1. The number of aromatic nitrogens is 1. The molecular formula is C17H18N2. The quantitative estimate of drug-likeness (QED) is 0.756. The number of hydrogen-bond acceptors (Lipinski definition) is 1. The van der Waals surface area contributed by atoms with Crippen molar-refractivity contribution < 1.29 is 0 Å². The van der Waals surface area contributed by atoms with E-state index in [1.165, 1.54) is 22.2 Å². The molecule has 0 saturated carbocycles. The Balaban J connectivity index is 1.91. The maximum Gasteiger partial charge on any atom is 0.0483 e. The predicted molar refractivity (Wildman–Crippen MR) is 80.0 cm³/mol. The number of hydrogen-bond donors (Lipinski definition) is 1. The van der Waals surface area contributed by atoms with Crippen LogP contribution in [0.25, 0.3) is 10.9 Å². The summed E-state index contributed by atoms with van der Waals surface area (Å²) in [6.07, 6.45) is 1.03. The van der Waals surface area contributed by atoms with Gasteiger partial charge in [0, 0.05) is 24.3 Å². The third-order valence-corrected chi connectivity index (χ3v) is 3.57. The molecule has 2 heteroatoms. The van der Waals surface area contributed by atoms with Crippen molar-refractivity contribution in [2.24, 2.45) is 5.73 Å². The number of nitrogens with zero attached hydrogens (tertiary/aromatic N) is 1. The zero-order valence-electron chi connectivity index (χ0n) is 10.9. The molecule has 1 aromatic heterocycles. The summed E-state index contributed by atoms with van der Waals surface area (Å²) in [5.41, 5.74) is 9.71. The van der Waals surface area contributed by atoms with Crippen LogP contribution in [0.2, 0.25) is 0 Å². The lowest BCUT2D eigenvalue weighted by Gasteiger charge is -2.09. The van der Waals surface area contributed by atoms with Crippen LogP contribution < -0.4 is 5.73 Å². The molecule has 0 fully saturated rings. The van der Waals surface area contributed by atoms with Gasteiger partial charge in [0.25, 0.3) is 0 Å². The van der Waals surface area contributed by atoms with Gasteiger partial charge in [0.2, 0.25) is 0 Å². The molecule has 1 heterocycles. The fourth-order valence-electron chi connectivity index (χ4n) is 2.59. The van der Waals surface area contributed by atoms with Crippen molar-refractivity contribution in [2.75, 3.05) is 0 Å². The standard InChI is InChI=1S/C17H18N2/c18-13-16-12-15-8-4-5-9-17(15)19(16)11-10-14-6-2-1-3-7-14/h1-9,12H,10-11,13,18H2. The van der Waals surface area contributed by atoms with E-state index >= 15 is 0 Å². The molecule has 2 N–H and O–H groups in total. The summed E-state index contributed by atoms with van der Waals surface area (Å²) >= 11 is 0. The average Bonchev–Trinajstić information content (AvgIpc) is 2.84. The Morgan fingerprint density at radius 1 is 0.895 bits per heavy atom. The molecule has 3 rings (SSSR count). The van der Waals surface area contributed by atoms with Crippen LogP contribution in [0, 0.1) is 0 Å². The van der Waals surface area contributed by atoms with Gasteiger partial charge < -0.3 is 10.3 Å². The van der Waals surface area contributed by atoms with Gasteiger partial charge in [-0.1, -0.05) is 48.5 Å². The van der Waals surface area contributed by atoms with Crippen LogP contribution in [0.3, 0.4) is 0 Å². The van der Waals surface area contributed by atoms with E-state index in [4.69, 9.17) is 5.73 Å². The molecule has 19 heavy (non-hydrogen) atoms. The summed E-state index contributed by atoms with van der Waals surface area (Å²) in [5, 5.41) is 1.27. The van der Waals surface area contributed by atoms with E-state index in [1.807, 2.05) is 0 Å². The summed E-state index contributed by atoms with van der Waals surface area (Å²) in [5.74, 6) is 0. The van der Waals surface area contributed by atoms with E-state index in [2.05, 4.69) is 65.2 Å². The molecule has 0 bridgehead atoms. The fourth-order valence-corrected chi connectivity index (χ4v) is 2.59. The molecule has 0 spiro atoms. The van der Waals surface area contributed by atoms with Crippen LogP contribution >= 0.6 is 0 Å². The van der Waals surface area contributed by atoms with E-state index in [0.717, 1.165) is 13.0 Å². The molecule has 0 radical (unpaired) electrons. The van der Waals surface area contributed by atoms with Crippen LogP contribution in [0.1, 0.15) is 11.3 Å². The summed E-state index contributed by atoms with van der Waals surface area (Å²) in [6.45, 7) is 1.56. The third kappa shape index (κ3) is 2.40. The number of aryl methyl sites for hydroxylation is 2. The lowest BCUT2D eigenvalue weighted by Crippen LogP contribution is -2.08. The number of nitrogens with two attached hydrogens (primary N) is 1. The molecular weight excluding hydrogens is 232 g/mol. The maximum absolute atomic E-state index is 5.86. The van der Waals surface area contributed by atoms with Gasteiger partial charge in [0.05, 0.1) is 0 Å². The molecule has 0 aliphatic heterocycles. The molecule has 0 aliphatic rings. The van der Waals surface area contributed by atoms with Gasteiger partial charge in [-0.15, -0.1) is 0 Å². The van der Waals surface area contributed by atoms with Gasteiger partial charge in [0.15, 0.2) is 0 Å². The highest BCUT2D eigenvalue weighted by Crippen LogP contribution is 2.20. The Kier molecular flexibility index (Phi) is 3.34. The third-order valence-electron chi connectivity index (χ3n) is 3.57. The van der Waals surface area contributed by atoms with Crippen molar-refractivity contribution in [3.63, 3.8) is 0 Å². The Labute approximate surface area is 113 Å². The van der Waals surface area contributed by atoms with Gasteiger partial charge in [-0.3, -0.25) is 0 Å². The normalized spacial score (nSPS) is 11.0. The average molecular weight is 250 g/mol. The van der Waals surface area contributed by atoms with Gasteiger partial charge in [-0.05, 0) is 29.5 Å². The zero-order valence-corrected chi connectivity index (χ0v) is 10.9. The Hall–Kier alpha value is -2.06. The fraction of sp³-hybridized carbons (Fsp3) is 0.176. The van der Waals surface area contributed by atoms with Crippen molar-refractivity contribution in [2.45, 2.75) is 19.5 Å². The van der Waals surface area contributed by atoms with Gasteiger partial charge in [-0.25, -0.2) is 0 Å². The molecule has 0 aliphatic carbocycles. The Bertz CT molecular complexity index is 668. The second-order valence-corrected chi connectivity index (χ2v) is 4.79. The number of para-hydroxylation sites is 1. The van der Waals surface area contributed by atoms with Crippen LogP contribution in [0.4, 0.5) is 0 Å². The van der Waals surface area contributed by atoms with Gasteiger partial charge in [0.1, 0.15) is 0 Å². The smallest absolute Gasteiger partial charge is 0.0483 e. The second-order valence-electron chi connectivity index (χ2n) is 4.79. The summed E-state index contributed by atoms with van der Waals surface area (Å²) in [7, 11) is 0. The van der Waals surface area contributed by atoms with E-state index in [0.29, 0.717) is 6.54 Å². The van der Waals surface area contributed by atoms with Crippen molar-refractivity contribution >= 4 is 10.9 Å². The largest absolute Gasteiger partial charge is 0.343 e. The summed E-state index contributed by atoms with van der Waals surface area (Å²) < 4.78 is 2.34. The predicted octanol–water partition coefficient (Wildman–Crippen LogP) is 3.34. The first-order chi connectivity index (χ1) is 9.38. The lowest BCUT2D eigenvalue weighted by molar-refractivity contribution is 0.684. The van der Waals surface area contributed by atoms with Gasteiger partial charge in [-0.2, -0.15) is 0 Å². The first kappa shape index (κ1) is 12.0. The molecule has 0 amide bonds. The van der Waals surface area contributed by atoms with E-state index in [-0.39, 0.29) is 0 Å². The molecule has 96 valence electrons. The summed E-state index contributed by atoms with van der Waals surface area (Å²) in [6, 6.07) is 21.3. The minimum Gasteiger partial charge on any atom is -0.343 e. The highest BCUT2D eigenvalue weighted by atomic mass is 15.0. The van der Waals surface area contributed by atoms with E-state index < -0.39 is 0 Å². The van der Waals surface area contributed by atoms with Crippen molar-refractivity contribution in [3.05, 3.63) is 71.9 Å². The number of benzene rings is 2. The molecule has 0 atom stereocenters. The van der Waals surface area contributed by atoms with Crippen molar-refractivity contribution in [3.8, 4) is 0 Å². The second kappa shape index (κ2) is 5.29. The number of rotatable bonds is 4. The van der Waals surface area contributed by atoms with Crippen LogP contribution in [-0.4, -0.2) is 4.57 Å². The molecule has 0 unspecified atom stereocenters. The monoisotopic (exact) mass is 250 g/mol.